The van der Waals surface area contributed by atoms with Gasteiger partial charge in [-0.1, -0.05) is 29.5 Å². The van der Waals surface area contributed by atoms with Gasteiger partial charge >= 0.3 is 12.1 Å². The van der Waals surface area contributed by atoms with Crippen molar-refractivity contribution in [3.05, 3.63) is 64.0 Å². The lowest BCUT2D eigenvalue weighted by molar-refractivity contribution is -0.141. The van der Waals surface area contributed by atoms with Crippen LogP contribution in [-0.2, 0) is 22.3 Å². The van der Waals surface area contributed by atoms with Crippen LogP contribution in [0.1, 0.15) is 21.5 Å². The highest BCUT2D eigenvalue weighted by molar-refractivity contribution is 7.16. The fraction of sp³-hybridized carbons (Fsp3) is 0.211. The van der Waals surface area contributed by atoms with Gasteiger partial charge in [0.25, 0.3) is 5.91 Å². The number of nitrogens with zero attached hydrogens (tertiary/aromatic N) is 2. The first kappa shape index (κ1) is 19.8. The Kier molecular flexibility index (Phi) is 5.37. The number of fused-ring (bicyclic) bond motifs is 1. The Hall–Kier alpha value is -2.94. The first-order chi connectivity index (χ1) is 13.2. The average Bonchev–Trinajstić information content (AvgIpc) is 2.99. The third-order valence-corrected chi connectivity index (χ3v) is 5.10. The van der Waals surface area contributed by atoms with Crippen LogP contribution in [-0.4, -0.2) is 23.6 Å². The number of thiazole rings is 1. The number of halogens is 3. The largest absolute Gasteiger partial charge is 0.468 e. The molecule has 0 unspecified atom stereocenters. The average molecular weight is 408 g/mol. The summed E-state index contributed by atoms with van der Waals surface area (Å²) in [6, 6.07) is 9.56. The number of aryl methyl sites for hydroxylation is 1. The molecule has 28 heavy (non-hydrogen) atoms. The van der Waals surface area contributed by atoms with E-state index < -0.39 is 23.6 Å². The van der Waals surface area contributed by atoms with Gasteiger partial charge < -0.3 is 9.30 Å². The molecule has 0 N–H and O–H groups in total. The second-order valence-corrected chi connectivity index (χ2v) is 6.97. The molecule has 0 aliphatic rings. The fourth-order valence-corrected chi connectivity index (χ4v) is 3.82. The summed E-state index contributed by atoms with van der Waals surface area (Å²) in [5.74, 6) is -1.36. The highest BCUT2D eigenvalue weighted by Gasteiger charge is 2.30. The van der Waals surface area contributed by atoms with Crippen molar-refractivity contribution in [2.24, 2.45) is 4.99 Å². The van der Waals surface area contributed by atoms with Gasteiger partial charge in [-0.25, -0.2) is 0 Å². The van der Waals surface area contributed by atoms with Gasteiger partial charge in [-0.15, -0.1) is 0 Å². The van der Waals surface area contributed by atoms with Crippen LogP contribution in [0.5, 0.6) is 0 Å². The van der Waals surface area contributed by atoms with E-state index in [-0.39, 0.29) is 16.9 Å². The third-order valence-electron chi connectivity index (χ3n) is 4.05. The van der Waals surface area contributed by atoms with Gasteiger partial charge in [-0.05, 0) is 36.8 Å². The zero-order valence-corrected chi connectivity index (χ0v) is 15.7. The summed E-state index contributed by atoms with van der Waals surface area (Å²) >= 11 is 1.17. The third kappa shape index (κ3) is 3.99. The van der Waals surface area contributed by atoms with Crippen LogP contribution in [0.25, 0.3) is 10.2 Å². The molecule has 0 saturated carbocycles. The Morgan fingerprint density at radius 1 is 1.18 bits per heavy atom. The van der Waals surface area contributed by atoms with Crippen LogP contribution < -0.4 is 4.80 Å². The number of amides is 1. The number of para-hydroxylation sites is 1. The van der Waals surface area contributed by atoms with Crippen LogP contribution in [0, 0.1) is 6.92 Å². The number of alkyl halides is 3. The molecule has 0 radical (unpaired) electrons. The van der Waals surface area contributed by atoms with E-state index in [4.69, 9.17) is 4.74 Å². The van der Waals surface area contributed by atoms with Crippen LogP contribution in [0.2, 0.25) is 0 Å². The first-order valence-corrected chi connectivity index (χ1v) is 8.94. The van der Waals surface area contributed by atoms with E-state index in [1.807, 2.05) is 25.1 Å². The molecule has 0 aliphatic heterocycles. The van der Waals surface area contributed by atoms with Crippen LogP contribution in [0.4, 0.5) is 13.2 Å². The molecule has 0 fully saturated rings. The zero-order valence-electron chi connectivity index (χ0n) is 14.9. The van der Waals surface area contributed by atoms with E-state index in [9.17, 15) is 22.8 Å². The molecule has 146 valence electrons. The Bertz CT molecular complexity index is 1130. The van der Waals surface area contributed by atoms with E-state index in [1.54, 1.807) is 0 Å². The molecule has 0 aliphatic carbocycles. The minimum absolute atomic E-state index is 0.171. The number of hydrogen-bond acceptors (Lipinski definition) is 4. The van der Waals surface area contributed by atoms with Crippen molar-refractivity contribution in [2.45, 2.75) is 19.6 Å². The van der Waals surface area contributed by atoms with Crippen molar-refractivity contribution in [3.63, 3.8) is 0 Å². The molecule has 0 saturated heterocycles. The molecule has 0 atom stereocenters. The number of carbonyl (C=O) groups is 2. The summed E-state index contributed by atoms with van der Waals surface area (Å²) in [5.41, 5.74) is 0.468. The van der Waals surface area contributed by atoms with Gasteiger partial charge in [-0.3, -0.25) is 9.59 Å². The highest BCUT2D eigenvalue weighted by atomic mass is 32.1. The van der Waals surface area contributed by atoms with Gasteiger partial charge in [0.2, 0.25) is 0 Å². The molecular weight excluding hydrogens is 393 g/mol. The molecular formula is C19H15F3N2O3S. The van der Waals surface area contributed by atoms with E-state index in [0.717, 1.165) is 28.5 Å². The Balaban J connectivity index is 2.13. The Morgan fingerprint density at radius 3 is 2.57 bits per heavy atom. The van der Waals surface area contributed by atoms with Crippen molar-refractivity contribution in [3.8, 4) is 0 Å². The molecule has 1 amide bonds. The maximum absolute atomic E-state index is 12.9. The lowest BCUT2D eigenvalue weighted by atomic mass is 10.1. The molecule has 1 heterocycles. The topological polar surface area (TPSA) is 60.7 Å². The summed E-state index contributed by atoms with van der Waals surface area (Å²) in [7, 11) is 1.24. The van der Waals surface area contributed by atoms with Gasteiger partial charge in [0.1, 0.15) is 6.54 Å². The number of carbonyl (C=O) groups excluding carboxylic acids is 2. The predicted octanol–water partition coefficient (Wildman–Crippen LogP) is 3.94. The van der Waals surface area contributed by atoms with E-state index >= 15 is 0 Å². The van der Waals surface area contributed by atoms with Gasteiger partial charge in [0, 0.05) is 5.56 Å². The minimum atomic E-state index is -4.56. The van der Waals surface area contributed by atoms with Crippen molar-refractivity contribution in [2.75, 3.05) is 7.11 Å². The fourth-order valence-electron chi connectivity index (χ4n) is 2.71. The molecule has 3 rings (SSSR count). The normalized spacial score (nSPS) is 12.4. The maximum Gasteiger partial charge on any atom is 0.416 e. The number of methoxy groups -OCH3 is 1. The quantitative estimate of drug-likeness (QED) is 0.617. The second kappa shape index (κ2) is 7.59. The second-order valence-electron chi connectivity index (χ2n) is 5.96. The molecule has 5 nitrogen and oxygen atoms in total. The van der Waals surface area contributed by atoms with Crippen LogP contribution >= 0.6 is 11.3 Å². The van der Waals surface area contributed by atoms with Gasteiger partial charge in [0.05, 0.1) is 22.9 Å². The number of esters is 1. The lowest BCUT2D eigenvalue weighted by Crippen LogP contribution is -2.22. The molecule has 3 aromatic rings. The summed E-state index contributed by atoms with van der Waals surface area (Å²) in [6.07, 6.45) is -4.56. The molecule has 1 aromatic heterocycles. The Labute approximate surface area is 161 Å². The van der Waals surface area contributed by atoms with E-state index in [2.05, 4.69) is 4.99 Å². The minimum Gasteiger partial charge on any atom is -0.468 e. The standard InChI is InChI=1S/C19H15F3N2O3S/c1-11-5-3-8-14-16(11)24(10-15(25)27-2)18(28-14)23-17(26)12-6-4-7-13(9-12)19(20,21)22/h3-9H,10H2,1-2H3. The summed E-state index contributed by atoms with van der Waals surface area (Å²) < 4.78 is 45.7. The van der Waals surface area contributed by atoms with Gasteiger partial charge in [0.15, 0.2) is 4.80 Å². The van der Waals surface area contributed by atoms with E-state index in [1.165, 1.54) is 29.1 Å². The highest BCUT2D eigenvalue weighted by Crippen LogP contribution is 2.29. The number of benzene rings is 2. The number of ether oxygens (including phenoxy) is 1. The summed E-state index contributed by atoms with van der Waals surface area (Å²) in [5, 5.41) is 0. The van der Waals surface area contributed by atoms with Crippen molar-refractivity contribution in [1.29, 1.82) is 0 Å². The number of hydrogen-bond donors (Lipinski definition) is 0. The molecule has 0 spiro atoms. The summed E-state index contributed by atoms with van der Waals surface area (Å²) in [6.45, 7) is 1.68. The lowest BCUT2D eigenvalue weighted by Gasteiger charge is -2.07. The number of rotatable bonds is 3. The predicted molar refractivity (Wildman–Crippen MR) is 97.9 cm³/mol. The SMILES string of the molecule is COC(=O)Cn1c(=NC(=O)c2cccc(C(F)(F)F)c2)sc2cccc(C)c21. The van der Waals surface area contributed by atoms with Crippen molar-refractivity contribution < 1.29 is 27.5 Å². The van der Waals surface area contributed by atoms with E-state index in [0.29, 0.717) is 5.52 Å². The van der Waals surface area contributed by atoms with Crippen LogP contribution in [0.3, 0.4) is 0 Å². The molecule has 9 heteroatoms. The first-order valence-electron chi connectivity index (χ1n) is 8.13. The van der Waals surface area contributed by atoms with Crippen LogP contribution in [0.15, 0.2) is 47.5 Å². The smallest absolute Gasteiger partial charge is 0.416 e. The Morgan fingerprint density at radius 2 is 1.89 bits per heavy atom. The van der Waals surface area contributed by atoms with Gasteiger partial charge in [-0.2, -0.15) is 18.2 Å². The zero-order chi connectivity index (χ0) is 20.5. The molecule has 0 bridgehead atoms. The van der Waals surface area contributed by atoms with Crippen molar-refractivity contribution in [1.82, 2.24) is 4.57 Å². The monoisotopic (exact) mass is 408 g/mol. The number of aromatic nitrogens is 1. The maximum atomic E-state index is 12.9. The summed E-state index contributed by atoms with van der Waals surface area (Å²) in [4.78, 5) is 28.5. The van der Waals surface area contributed by atoms with Crippen molar-refractivity contribution >= 4 is 33.4 Å². The molecule has 2 aromatic carbocycles.